The summed E-state index contributed by atoms with van der Waals surface area (Å²) in [6, 6.07) is 0.288. The molecule has 3 amide bonds. The molecule has 0 aromatic carbocycles. The molecule has 18 heavy (non-hydrogen) atoms. The van der Waals surface area contributed by atoms with Gasteiger partial charge in [0.05, 0.1) is 5.54 Å². The van der Waals surface area contributed by atoms with E-state index < -0.39 is 5.54 Å². The second kappa shape index (κ2) is 4.76. The molecule has 0 aromatic rings. The zero-order chi connectivity index (χ0) is 13.3. The first kappa shape index (κ1) is 13.1. The Labute approximate surface area is 107 Å². The number of carbonyl (C=O) groups excluding carboxylic acids is 2. The van der Waals surface area contributed by atoms with Crippen molar-refractivity contribution in [1.82, 2.24) is 15.1 Å². The Hall–Kier alpha value is -1.30. The van der Waals surface area contributed by atoms with E-state index in [-0.39, 0.29) is 18.0 Å². The lowest BCUT2D eigenvalue weighted by Gasteiger charge is -2.38. The van der Waals surface area contributed by atoms with E-state index >= 15 is 0 Å². The lowest BCUT2D eigenvalue weighted by atomic mass is 9.99. The SMILES string of the molecule is CC(C)(N)C(=O)N1CCC(N2CCNC2=O)CC1. The molecule has 2 fully saturated rings. The highest BCUT2D eigenvalue weighted by Crippen LogP contribution is 2.19. The monoisotopic (exact) mass is 254 g/mol. The minimum Gasteiger partial charge on any atom is -0.341 e. The van der Waals surface area contributed by atoms with E-state index in [9.17, 15) is 9.59 Å². The van der Waals surface area contributed by atoms with Gasteiger partial charge in [0.25, 0.3) is 0 Å². The molecule has 0 unspecified atom stereocenters. The van der Waals surface area contributed by atoms with Crippen molar-refractivity contribution in [2.75, 3.05) is 26.2 Å². The van der Waals surface area contributed by atoms with Gasteiger partial charge in [-0.1, -0.05) is 0 Å². The van der Waals surface area contributed by atoms with E-state index in [1.807, 2.05) is 9.80 Å². The molecule has 0 atom stereocenters. The molecule has 6 heteroatoms. The number of nitrogens with two attached hydrogens (primary N) is 1. The van der Waals surface area contributed by atoms with Crippen LogP contribution in [0.4, 0.5) is 4.79 Å². The van der Waals surface area contributed by atoms with Crippen LogP contribution >= 0.6 is 0 Å². The highest BCUT2D eigenvalue weighted by atomic mass is 16.2. The third-order valence-electron chi connectivity index (χ3n) is 3.63. The van der Waals surface area contributed by atoms with Gasteiger partial charge >= 0.3 is 6.03 Å². The average molecular weight is 254 g/mol. The second-order valence-corrected chi connectivity index (χ2v) is 5.67. The van der Waals surface area contributed by atoms with Gasteiger partial charge in [-0.3, -0.25) is 4.79 Å². The summed E-state index contributed by atoms with van der Waals surface area (Å²) < 4.78 is 0. The first-order valence-corrected chi connectivity index (χ1v) is 6.52. The molecule has 2 saturated heterocycles. The van der Waals surface area contributed by atoms with Crippen LogP contribution in [0.25, 0.3) is 0 Å². The van der Waals surface area contributed by atoms with Gasteiger partial charge in [0.15, 0.2) is 0 Å². The van der Waals surface area contributed by atoms with Crippen LogP contribution in [-0.2, 0) is 4.79 Å². The van der Waals surface area contributed by atoms with Gasteiger partial charge in [-0.2, -0.15) is 0 Å². The van der Waals surface area contributed by atoms with E-state index in [1.54, 1.807) is 13.8 Å². The third-order valence-corrected chi connectivity index (χ3v) is 3.63. The van der Waals surface area contributed by atoms with Gasteiger partial charge in [-0.05, 0) is 26.7 Å². The second-order valence-electron chi connectivity index (χ2n) is 5.67. The maximum atomic E-state index is 12.0. The molecule has 3 N–H and O–H groups in total. The number of hydrogen-bond acceptors (Lipinski definition) is 3. The maximum absolute atomic E-state index is 12.0. The Kier molecular flexibility index (Phi) is 3.47. The predicted molar refractivity (Wildman–Crippen MR) is 68.0 cm³/mol. The molecule has 0 radical (unpaired) electrons. The van der Waals surface area contributed by atoms with Gasteiger partial charge in [0.1, 0.15) is 0 Å². The fraction of sp³-hybridized carbons (Fsp3) is 0.833. The summed E-state index contributed by atoms with van der Waals surface area (Å²) in [5.41, 5.74) is 5.02. The molecule has 102 valence electrons. The molecule has 0 bridgehead atoms. The van der Waals surface area contributed by atoms with Gasteiger partial charge in [-0.25, -0.2) is 4.79 Å². The Bertz CT molecular complexity index is 342. The fourth-order valence-electron chi connectivity index (χ4n) is 2.62. The zero-order valence-electron chi connectivity index (χ0n) is 11.1. The summed E-state index contributed by atoms with van der Waals surface area (Å²) in [6.45, 7) is 6.35. The normalized spacial score (nSPS) is 22.3. The molecule has 0 aliphatic carbocycles. The van der Waals surface area contributed by atoms with Crippen LogP contribution in [0.15, 0.2) is 0 Å². The van der Waals surface area contributed by atoms with Crippen molar-refractivity contribution < 1.29 is 9.59 Å². The van der Waals surface area contributed by atoms with Crippen LogP contribution in [0.5, 0.6) is 0 Å². The Morgan fingerprint density at radius 2 is 1.94 bits per heavy atom. The van der Waals surface area contributed by atoms with E-state index in [2.05, 4.69) is 5.32 Å². The fourth-order valence-corrected chi connectivity index (χ4v) is 2.62. The Morgan fingerprint density at radius 3 is 2.39 bits per heavy atom. The summed E-state index contributed by atoms with van der Waals surface area (Å²) in [6.07, 6.45) is 1.68. The van der Waals surface area contributed by atoms with E-state index in [0.29, 0.717) is 13.1 Å². The summed E-state index contributed by atoms with van der Waals surface area (Å²) >= 11 is 0. The summed E-state index contributed by atoms with van der Waals surface area (Å²) in [5.74, 6) is -0.00757. The minimum absolute atomic E-state index is 0.00757. The smallest absolute Gasteiger partial charge is 0.317 e. The van der Waals surface area contributed by atoms with Crippen LogP contribution in [-0.4, -0.2) is 59.5 Å². The van der Waals surface area contributed by atoms with Gasteiger partial charge in [0.2, 0.25) is 5.91 Å². The first-order valence-electron chi connectivity index (χ1n) is 6.52. The molecule has 0 spiro atoms. The van der Waals surface area contributed by atoms with Crippen molar-refractivity contribution >= 4 is 11.9 Å². The van der Waals surface area contributed by atoms with Crippen LogP contribution in [0.2, 0.25) is 0 Å². The molecular weight excluding hydrogens is 232 g/mol. The van der Waals surface area contributed by atoms with Crippen LogP contribution < -0.4 is 11.1 Å². The Morgan fingerprint density at radius 1 is 1.33 bits per heavy atom. The molecule has 2 aliphatic heterocycles. The minimum atomic E-state index is -0.808. The quantitative estimate of drug-likeness (QED) is 0.712. The molecule has 2 aliphatic rings. The van der Waals surface area contributed by atoms with Crippen LogP contribution in [0, 0.1) is 0 Å². The number of urea groups is 1. The lowest BCUT2D eigenvalue weighted by molar-refractivity contribution is -0.137. The Balaban J connectivity index is 1.88. The topological polar surface area (TPSA) is 78.7 Å². The number of nitrogens with one attached hydrogen (secondary N) is 1. The largest absolute Gasteiger partial charge is 0.341 e. The highest BCUT2D eigenvalue weighted by Gasteiger charge is 2.34. The van der Waals surface area contributed by atoms with Gasteiger partial charge in [0, 0.05) is 32.2 Å². The highest BCUT2D eigenvalue weighted by molar-refractivity contribution is 5.85. The van der Waals surface area contributed by atoms with Crippen molar-refractivity contribution in [1.29, 1.82) is 0 Å². The maximum Gasteiger partial charge on any atom is 0.317 e. The predicted octanol–water partition coefficient (Wildman–Crippen LogP) is -0.260. The van der Waals surface area contributed by atoms with E-state index in [1.165, 1.54) is 0 Å². The van der Waals surface area contributed by atoms with Crippen LogP contribution in [0.3, 0.4) is 0 Å². The first-order chi connectivity index (χ1) is 8.39. The van der Waals surface area contributed by atoms with Crippen LogP contribution in [0.1, 0.15) is 26.7 Å². The number of piperidine rings is 1. The molecule has 0 aromatic heterocycles. The van der Waals surface area contributed by atoms with Crippen molar-refractivity contribution in [3.8, 4) is 0 Å². The number of likely N-dealkylation sites (tertiary alicyclic amines) is 1. The third kappa shape index (κ3) is 2.58. The summed E-state index contributed by atoms with van der Waals surface area (Å²) in [7, 11) is 0. The summed E-state index contributed by atoms with van der Waals surface area (Å²) in [4.78, 5) is 27.3. The number of hydrogen-bond donors (Lipinski definition) is 2. The van der Waals surface area contributed by atoms with Gasteiger partial charge < -0.3 is 20.9 Å². The molecule has 2 rings (SSSR count). The van der Waals surface area contributed by atoms with Crippen molar-refractivity contribution in [3.05, 3.63) is 0 Å². The number of carbonyl (C=O) groups is 2. The number of amides is 3. The molecule has 6 nitrogen and oxygen atoms in total. The average Bonchev–Trinajstić information content (AvgIpc) is 2.73. The molecule has 2 heterocycles. The van der Waals surface area contributed by atoms with Crippen molar-refractivity contribution in [2.24, 2.45) is 5.73 Å². The lowest BCUT2D eigenvalue weighted by Crippen LogP contribution is -2.55. The standard InChI is InChI=1S/C12H22N4O2/c1-12(2,13)10(17)15-6-3-9(4-7-15)16-8-5-14-11(16)18/h9H,3-8,13H2,1-2H3,(H,14,18). The van der Waals surface area contributed by atoms with E-state index in [4.69, 9.17) is 5.73 Å². The van der Waals surface area contributed by atoms with Gasteiger partial charge in [-0.15, -0.1) is 0 Å². The molecular formula is C12H22N4O2. The number of rotatable bonds is 2. The van der Waals surface area contributed by atoms with E-state index in [0.717, 1.165) is 25.9 Å². The summed E-state index contributed by atoms with van der Waals surface area (Å²) in [5, 5.41) is 2.81. The van der Waals surface area contributed by atoms with Crippen molar-refractivity contribution in [3.63, 3.8) is 0 Å². The van der Waals surface area contributed by atoms with Crippen molar-refractivity contribution in [2.45, 2.75) is 38.3 Å². The molecule has 0 saturated carbocycles. The zero-order valence-corrected chi connectivity index (χ0v) is 11.1. The number of nitrogens with zero attached hydrogens (tertiary/aromatic N) is 2.